The molecule has 0 atom stereocenters. The fourth-order valence-corrected chi connectivity index (χ4v) is 0.793. The molecule has 0 rings (SSSR count). The number of nitrogens with zero attached hydrogens (tertiary/aromatic N) is 3. The van der Waals surface area contributed by atoms with Crippen molar-refractivity contribution in [3.8, 4) is 0 Å². The van der Waals surface area contributed by atoms with Gasteiger partial charge in [-0.25, -0.2) is 4.99 Å². The van der Waals surface area contributed by atoms with Gasteiger partial charge in [-0.2, -0.15) is 0 Å². The average molecular weight is 183 g/mol. The summed E-state index contributed by atoms with van der Waals surface area (Å²) in [6.45, 7) is 6.06. The van der Waals surface area contributed by atoms with E-state index in [1.807, 2.05) is 26.1 Å². The highest BCUT2D eigenvalue weighted by atomic mass is 15.2. The van der Waals surface area contributed by atoms with Crippen molar-refractivity contribution in [3.05, 3.63) is 12.3 Å². The van der Waals surface area contributed by atoms with Crippen molar-refractivity contribution in [1.82, 2.24) is 9.80 Å². The molecule has 0 fully saturated rings. The van der Waals surface area contributed by atoms with Crippen LogP contribution < -0.4 is 0 Å². The zero-order chi connectivity index (χ0) is 10.3. The van der Waals surface area contributed by atoms with Gasteiger partial charge in [0.15, 0.2) is 0 Å². The molecule has 3 nitrogen and oxygen atoms in total. The Balaban J connectivity index is 3.88. The van der Waals surface area contributed by atoms with Gasteiger partial charge in [0.25, 0.3) is 0 Å². The first-order valence-corrected chi connectivity index (χ1v) is 4.59. The van der Waals surface area contributed by atoms with Crippen molar-refractivity contribution >= 4 is 5.84 Å². The minimum atomic E-state index is 1.01. The van der Waals surface area contributed by atoms with E-state index in [1.165, 1.54) is 0 Å². The van der Waals surface area contributed by atoms with E-state index < -0.39 is 0 Å². The quantitative estimate of drug-likeness (QED) is 0.485. The van der Waals surface area contributed by atoms with Crippen molar-refractivity contribution < 1.29 is 0 Å². The Bertz CT molecular complexity index is 183. The predicted molar refractivity (Wildman–Crippen MR) is 59.1 cm³/mol. The van der Waals surface area contributed by atoms with Crippen molar-refractivity contribution in [2.75, 3.05) is 34.2 Å². The van der Waals surface area contributed by atoms with Gasteiger partial charge < -0.3 is 9.80 Å². The minimum absolute atomic E-state index is 1.01. The molecule has 0 aliphatic carbocycles. The molecule has 0 aromatic carbocycles. The van der Waals surface area contributed by atoms with Crippen LogP contribution in [-0.2, 0) is 0 Å². The van der Waals surface area contributed by atoms with Gasteiger partial charge in [0.2, 0.25) is 0 Å². The number of likely N-dealkylation sites (N-methyl/N-ethyl adjacent to an activating group) is 2. The van der Waals surface area contributed by atoms with Gasteiger partial charge in [0, 0.05) is 26.3 Å². The molecule has 0 radical (unpaired) electrons. The van der Waals surface area contributed by atoms with Gasteiger partial charge in [-0.3, -0.25) is 0 Å². The lowest BCUT2D eigenvalue weighted by Crippen LogP contribution is -2.31. The summed E-state index contributed by atoms with van der Waals surface area (Å²) < 4.78 is 0. The van der Waals surface area contributed by atoms with E-state index in [0.717, 1.165) is 18.9 Å². The number of amidine groups is 1. The molecule has 0 aliphatic heterocycles. The number of hydrogen-bond acceptors (Lipinski definition) is 2. The zero-order valence-corrected chi connectivity index (χ0v) is 9.41. The lowest BCUT2D eigenvalue weighted by atomic mass is 10.5. The van der Waals surface area contributed by atoms with E-state index in [4.69, 9.17) is 0 Å². The van der Waals surface area contributed by atoms with Gasteiger partial charge >= 0.3 is 0 Å². The molecule has 0 heterocycles. The fraction of sp³-hybridized carbons (Fsp3) is 0.700. The van der Waals surface area contributed by atoms with Crippen LogP contribution in [0.15, 0.2) is 17.3 Å². The van der Waals surface area contributed by atoms with Crippen molar-refractivity contribution in [3.63, 3.8) is 0 Å². The maximum Gasteiger partial charge on any atom is 0.101 e. The van der Waals surface area contributed by atoms with Crippen LogP contribution in [0.5, 0.6) is 0 Å². The highest BCUT2D eigenvalue weighted by molar-refractivity contribution is 5.79. The highest BCUT2D eigenvalue weighted by Gasteiger charge is 1.99. The molecule has 0 aliphatic rings. The maximum absolute atomic E-state index is 4.26. The summed E-state index contributed by atoms with van der Waals surface area (Å²) in [7, 11) is 6.21. The Hall–Kier alpha value is -0.830. The molecule has 76 valence electrons. The summed E-state index contributed by atoms with van der Waals surface area (Å²) >= 11 is 0. The molecule has 0 amide bonds. The topological polar surface area (TPSA) is 18.8 Å². The summed E-state index contributed by atoms with van der Waals surface area (Å²) in [5, 5.41) is 0. The molecular formula is C10H21N3. The Morgan fingerprint density at radius 1 is 1.23 bits per heavy atom. The van der Waals surface area contributed by atoms with E-state index in [0.29, 0.717) is 0 Å². The zero-order valence-electron chi connectivity index (χ0n) is 9.41. The van der Waals surface area contributed by atoms with Crippen LogP contribution in [0.3, 0.4) is 0 Å². The molecule has 0 spiro atoms. The lowest BCUT2D eigenvalue weighted by molar-refractivity contribution is 0.356. The smallest absolute Gasteiger partial charge is 0.101 e. The Morgan fingerprint density at radius 2 is 1.85 bits per heavy atom. The Kier molecular flexibility index (Phi) is 6.24. The average Bonchev–Trinajstić information content (AvgIpc) is 2.10. The number of rotatable bonds is 4. The molecule has 0 aromatic rings. The summed E-state index contributed by atoms with van der Waals surface area (Å²) in [6.07, 6.45) is 3.75. The van der Waals surface area contributed by atoms with Gasteiger partial charge in [-0.1, -0.05) is 6.08 Å². The summed E-state index contributed by atoms with van der Waals surface area (Å²) in [6, 6.07) is 0. The van der Waals surface area contributed by atoms with Crippen molar-refractivity contribution in [2.24, 2.45) is 4.99 Å². The molecule has 0 unspecified atom stereocenters. The second kappa shape index (κ2) is 6.66. The van der Waals surface area contributed by atoms with Crippen LogP contribution in [-0.4, -0.2) is 49.9 Å². The first-order valence-electron chi connectivity index (χ1n) is 4.59. The third kappa shape index (κ3) is 6.34. The Morgan fingerprint density at radius 3 is 2.31 bits per heavy atom. The normalized spacial score (nSPS) is 12.9. The highest BCUT2D eigenvalue weighted by Crippen LogP contribution is 1.89. The van der Waals surface area contributed by atoms with Crippen LogP contribution in [0, 0.1) is 0 Å². The third-order valence-electron chi connectivity index (χ3n) is 1.85. The van der Waals surface area contributed by atoms with Gasteiger partial charge in [0.05, 0.1) is 0 Å². The lowest BCUT2D eigenvalue weighted by Gasteiger charge is -2.20. The van der Waals surface area contributed by atoms with E-state index in [1.54, 1.807) is 0 Å². The fourth-order valence-electron chi connectivity index (χ4n) is 0.793. The van der Waals surface area contributed by atoms with Crippen LogP contribution in [0.1, 0.15) is 13.8 Å². The molecule has 0 saturated heterocycles. The molecule has 13 heavy (non-hydrogen) atoms. The van der Waals surface area contributed by atoms with Gasteiger partial charge in [-0.05, 0) is 27.9 Å². The minimum Gasteiger partial charge on any atom is -0.362 e. The molecule has 0 N–H and O–H groups in total. The van der Waals surface area contributed by atoms with Gasteiger partial charge in [0.1, 0.15) is 5.84 Å². The van der Waals surface area contributed by atoms with E-state index >= 15 is 0 Å². The van der Waals surface area contributed by atoms with Gasteiger partial charge in [-0.15, -0.1) is 0 Å². The second-order valence-electron chi connectivity index (χ2n) is 3.38. The van der Waals surface area contributed by atoms with E-state index in [2.05, 4.69) is 35.9 Å². The van der Waals surface area contributed by atoms with Crippen molar-refractivity contribution in [2.45, 2.75) is 13.8 Å². The first-order chi connectivity index (χ1) is 6.07. The Labute approximate surface area is 81.7 Å². The molecule has 3 heteroatoms. The van der Waals surface area contributed by atoms with E-state index in [-0.39, 0.29) is 0 Å². The predicted octanol–water partition coefficient (Wildman–Crippen LogP) is 1.43. The SMILES string of the molecule is C/C=C\N=C(C)N(C)CCN(C)C. The summed E-state index contributed by atoms with van der Waals surface area (Å²) in [5.74, 6) is 1.06. The number of hydrogen-bond donors (Lipinski definition) is 0. The van der Waals surface area contributed by atoms with Crippen LogP contribution >= 0.6 is 0 Å². The first kappa shape index (κ1) is 12.2. The monoisotopic (exact) mass is 183 g/mol. The second-order valence-corrected chi connectivity index (χ2v) is 3.38. The molecule has 0 aromatic heterocycles. The molecule has 0 bridgehead atoms. The largest absolute Gasteiger partial charge is 0.362 e. The van der Waals surface area contributed by atoms with E-state index in [9.17, 15) is 0 Å². The van der Waals surface area contributed by atoms with Crippen LogP contribution in [0.2, 0.25) is 0 Å². The maximum atomic E-state index is 4.26. The van der Waals surface area contributed by atoms with Crippen LogP contribution in [0.25, 0.3) is 0 Å². The number of aliphatic imine (C=N–C) groups is 1. The summed E-state index contributed by atoms with van der Waals surface area (Å²) in [4.78, 5) is 8.58. The van der Waals surface area contributed by atoms with Crippen LogP contribution in [0.4, 0.5) is 0 Å². The van der Waals surface area contributed by atoms with Crippen molar-refractivity contribution in [1.29, 1.82) is 0 Å². The molecular weight excluding hydrogens is 162 g/mol. The summed E-state index contributed by atoms with van der Waals surface area (Å²) in [5.41, 5.74) is 0. The standard InChI is InChI=1S/C10H21N3/c1-6-7-11-10(2)13(5)9-8-12(3)4/h6-7H,8-9H2,1-5H3/b7-6-,11-10?. The molecule has 0 saturated carbocycles. The third-order valence-corrected chi connectivity index (χ3v) is 1.85. The number of allylic oxidation sites excluding steroid dienone is 1.